The molecule has 0 saturated carbocycles. The minimum Gasteiger partial charge on any atom is -0.508 e. The van der Waals surface area contributed by atoms with Crippen molar-refractivity contribution in [3.8, 4) is 5.75 Å². The molecule has 0 heterocycles. The van der Waals surface area contributed by atoms with Gasteiger partial charge in [-0.1, -0.05) is 46.8 Å². The van der Waals surface area contributed by atoms with E-state index in [2.05, 4.69) is 42.5 Å². The molecule has 8 atom stereocenters. The van der Waals surface area contributed by atoms with Crippen molar-refractivity contribution in [2.75, 3.05) is 13.1 Å². The van der Waals surface area contributed by atoms with Gasteiger partial charge < -0.3 is 76.3 Å². The summed E-state index contributed by atoms with van der Waals surface area (Å²) in [7, 11) is 0. The van der Waals surface area contributed by atoms with E-state index in [1.165, 1.54) is 38.1 Å². The van der Waals surface area contributed by atoms with E-state index < -0.39 is 107 Å². The number of phenolic OH excluding ortho intramolecular Hbond substituents is 1. The molecule has 72 heavy (non-hydrogen) atoms. The highest BCUT2D eigenvalue weighted by molar-refractivity contribution is 5.98. The monoisotopic (exact) mass is 1020 g/mol. The highest BCUT2D eigenvalue weighted by atomic mass is 16.3. The Hall–Kier alpha value is -7.05. The van der Waals surface area contributed by atoms with Crippen LogP contribution in [0.1, 0.15) is 118 Å². The molecular weight excluding hydrogens is 937 g/mol. The standard InChI is InChI=1S/C47H80N14O11/c1-25(2)22-34(44(70)55-28(6)39(51)65)60-45(71)35(23-26(3)4)59-42(68)31(10-7-8-20-48)57-41(67)32(11-9-21-54-47(52)53)58-46(72)36(24-29-13-15-30(62)16-14-29)61-43(69)33(17-19-38(50)64)56-40(66)27(5)12-18-37(49)63/h13-16,25-28,31-36,62H,7-12,17-24,48H2,1-6H3,(H2,49,63)(H2,50,64)(H2,51,65)(H,55,70)(H,56,66)(H,57,67)(H,58,72)(H,59,68)(H,60,71)(H,61,69)(H4,52,53,54)/t27-,28-,31-,32-,33-,34-,35-,36-/m0/s1. The summed E-state index contributed by atoms with van der Waals surface area (Å²) < 4.78 is 0. The van der Waals surface area contributed by atoms with Crippen LogP contribution in [0.3, 0.4) is 0 Å². The van der Waals surface area contributed by atoms with E-state index in [0.717, 1.165) is 0 Å². The molecule has 0 radical (unpaired) electrons. The zero-order valence-electron chi connectivity index (χ0n) is 42.4. The molecule has 0 spiro atoms. The van der Waals surface area contributed by atoms with E-state index >= 15 is 0 Å². The van der Waals surface area contributed by atoms with Crippen molar-refractivity contribution in [2.24, 2.45) is 46.4 Å². The molecule has 1 rings (SSSR count). The molecule has 404 valence electrons. The molecule has 20 N–H and O–H groups in total. The summed E-state index contributed by atoms with van der Waals surface area (Å²) in [5.41, 5.74) is 27.7. The van der Waals surface area contributed by atoms with Crippen LogP contribution in [0, 0.1) is 23.2 Å². The summed E-state index contributed by atoms with van der Waals surface area (Å²) in [5, 5.41) is 38.6. The average molecular weight is 1020 g/mol. The van der Waals surface area contributed by atoms with Crippen LogP contribution in [-0.4, -0.2) is 126 Å². The number of primary amides is 3. The van der Waals surface area contributed by atoms with Crippen LogP contribution in [0.15, 0.2) is 24.3 Å². The molecule has 0 saturated heterocycles. The van der Waals surface area contributed by atoms with Gasteiger partial charge in [0.15, 0.2) is 5.96 Å². The molecule has 0 aliphatic heterocycles. The molecule has 25 heteroatoms. The summed E-state index contributed by atoms with van der Waals surface area (Å²) in [6.45, 7) is 10.6. The maximum absolute atomic E-state index is 14.4. The van der Waals surface area contributed by atoms with Crippen molar-refractivity contribution in [3.05, 3.63) is 29.8 Å². The number of benzene rings is 1. The summed E-state index contributed by atoms with van der Waals surface area (Å²) in [5.74, 6) is -9.05. The Morgan fingerprint density at radius 2 is 0.917 bits per heavy atom. The predicted molar refractivity (Wildman–Crippen MR) is 267 cm³/mol. The highest BCUT2D eigenvalue weighted by Gasteiger charge is 2.35. The zero-order valence-corrected chi connectivity index (χ0v) is 42.4. The first-order chi connectivity index (χ1) is 33.7. The van der Waals surface area contributed by atoms with Crippen molar-refractivity contribution in [1.29, 1.82) is 5.41 Å². The lowest BCUT2D eigenvalue weighted by Gasteiger charge is -2.29. The van der Waals surface area contributed by atoms with Gasteiger partial charge in [0.25, 0.3) is 0 Å². The smallest absolute Gasteiger partial charge is 0.243 e. The number of guanidine groups is 1. The number of carbonyl (C=O) groups is 10. The largest absolute Gasteiger partial charge is 0.508 e. The van der Waals surface area contributed by atoms with Crippen molar-refractivity contribution < 1.29 is 53.1 Å². The van der Waals surface area contributed by atoms with Gasteiger partial charge in [-0.3, -0.25) is 53.4 Å². The van der Waals surface area contributed by atoms with Gasteiger partial charge in [-0.2, -0.15) is 0 Å². The minimum atomic E-state index is -1.47. The van der Waals surface area contributed by atoms with E-state index in [-0.39, 0.29) is 101 Å². The number of nitrogens with one attached hydrogen (secondary N) is 9. The number of rotatable bonds is 35. The number of hydrogen-bond acceptors (Lipinski definition) is 13. The van der Waals surface area contributed by atoms with Crippen molar-refractivity contribution in [2.45, 2.75) is 161 Å². The summed E-state index contributed by atoms with van der Waals surface area (Å²) >= 11 is 0. The minimum absolute atomic E-state index is 0.0415. The van der Waals surface area contributed by atoms with Crippen molar-refractivity contribution in [3.63, 3.8) is 0 Å². The van der Waals surface area contributed by atoms with Gasteiger partial charge in [0.05, 0.1) is 0 Å². The molecule has 0 aliphatic rings. The van der Waals surface area contributed by atoms with Crippen LogP contribution >= 0.6 is 0 Å². The summed E-state index contributed by atoms with van der Waals surface area (Å²) in [4.78, 5) is 132. The lowest BCUT2D eigenvalue weighted by molar-refractivity contribution is -0.136. The SMILES string of the molecule is CC(C)C[C@H](NC(=O)[C@H](CC(C)C)NC(=O)[C@H](CCCCN)NC(=O)[C@H](CCCNC(=N)N)NC(=O)[C@H](Cc1ccc(O)cc1)NC(=O)[C@H](CCC(N)=O)NC(=O)[C@@H](C)CCC(N)=O)C(=O)N[C@@H](C)C(N)=O. The third-order valence-electron chi connectivity index (χ3n) is 11.3. The quantitative estimate of drug-likeness (QED) is 0.0190. The van der Waals surface area contributed by atoms with Crippen molar-refractivity contribution in [1.82, 2.24) is 42.5 Å². The number of carbonyl (C=O) groups excluding carboxylic acids is 10. The third kappa shape index (κ3) is 25.7. The Kier molecular flexibility index (Phi) is 28.7. The number of hydrogen-bond donors (Lipinski definition) is 15. The van der Waals surface area contributed by atoms with E-state index in [1.807, 2.05) is 27.7 Å². The van der Waals surface area contributed by atoms with Gasteiger partial charge in [-0.25, -0.2) is 0 Å². The van der Waals surface area contributed by atoms with Crippen LogP contribution in [0.2, 0.25) is 0 Å². The molecule has 1 aromatic carbocycles. The van der Waals surface area contributed by atoms with E-state index in [4.69, 9.17) is 34.1 Å². The fraction of sp³-hybridized carbons (Fsp3) is 0.638. The van der Waals surface area contributed by atoms with Crippen LogP contribution < -0.4 is 71.2 Å². The van der Waals surface area contributed by atoms with Crippen LogP contribution in [0.5, 0.6) is 5.75 Å². The van der Waals surface area contributed by atoms with Gasteiger partial charge in [0.1, 0.15) is 48.0 Å². The lowest BCUT2D eigenvalue weighted by atomic mass is 9.99. The molecule has 0 unspecified atom stereocenters. The Balaban J connectivity index is 3.65. The van der Waals surface area contributed by atoms with Crippen molar-refractivity contribution >= 4 is 65.0 Å². The van der Waals surface area contributed by atoms with E-state index in [1.54, 1.807) is 0 Å². The lowest BCUT2D eigenvalue weighted by Crippen LogP contribution is -2.60. The Morgan fingerprint density at radius 1 is 0.514 bits per heavy atom. The summed E-state index contributed by atoms with van der Waals surface area (Å²) in [6, 6.07) is -3.19. The molecule has 25 nitrogen and oxygen atoms in total. The maximum atomic E-state index is 14.4. The number of phenols is 1. The predicted octanol–water partition coefficient (Wildman–Crippen LogP) is -2.51. The molecule has 10 amide bonds. The first-order valence-electron chi connectivity index (χ1n) is 24.3. The number of amides is 10. The van der Waals surface area contributed by atoms with Gasteiger partial charge in [0.2, 0.25) is 59.1 Å². The number of nitrogens with two attached hydrogens (primary N) is 5. The normalized spacial score (nSPS) is 14.4. The molecule has 0 fully saturated rings. The zero-order chi connectivity index (χ0) is 54.7. The van der Waals surface area contributed by atoms with Crippen LogP contribution in [-0.2, 0) is 54.4 Å². The second kappa shape index (κ2) is 32.8. The van der Waals surface area contributed by atoms with Crippen LogP contribution in [0.4, 0.5) is 0 Å². The first-order valence-corrected chi connectivity index (χ1v) is 24.3. The molecular formula is C47H80N14O11. The molecule has 1 aromatic rings. The highest BCUT2D eigenvalue weighted by Crippen LogP contribution is 2.15. The molecule has 0 aromatic heterocycles. The third-order valence-corrected chi connectivity index (χ3v) is 11.3. The van der Waals surface area contributed by atoms with Gasteiger partial charge in [0, 0.05) is 31.7 Å². The maximum Gasteiger partial charge on any atom is 0.243 e. The molecule has 0 aliphatic carbocycles. The fourth-order valence-corrected chi connectivity index (χ4v) is 7.15. The van der Waals surface area contributed by atoms with E-state index in [0.29, 0.717) is 18.4 Å². The second-order valence-corrected chi connectivity index (χ2v) is 18.8. The summed E-state index contributed by atoms with van der Waals surface area (Å²) in [6.07, 6.45) is 0.322. The first kappa shape index (κ1) is 63.0. The van der Waals surface area contributed by atoms with E-state index in [9.17, 15) is 53.1 Å². The van der Waals surface area contributed by atoms with Gasteiger partial charge in [-0.15, -0.1) is 0 Å². The second-order valence-electron chi connectivity index (χ2n) is 18.8. The van der Waals surface area contributed by atoms with Gasteiger partial charge in [-0.05, 0) is 101 Å². The number of unbranched alkanes of at least 4 members (excludes halogenated alkanes) is 1. The topological polar surface area (TPSA) is 441 Å². The van der Waals surface area contributed by atoms with Gasteiger partial charge >= 0.3 is 0 Å². The Morgan fingerprint density at radius 3 is 1.38 bits per heavy atom. The Labute approximate surface area is 421 Å². The molecule has 0 bridgehead atoms. The average Bonchev–Trinajstić information content (AvgIpc) is 3.29. The number of aromatic hydroxyl groups is 1. The Bertz CT molecular complexity index is 2000. The fourth-order valence-electron chi connectivity index (χ4n) is 7.15. The van der Waals surface area contributed by atoms with Crippen LogP contribution in [0.25, 0.3) is 0 Å².